The van der Waals surface area contributed by atoms with Crippen LogP contribution in [0.4, 0.5) is 0 Å². The van der Waals surface area contributed by atoms with E-state index in [4.69, 9.17) is 4.74 Å². The Hall–Kier alpha value is -3.65. The van der Waals surface area contributed by atoms with Crippen molar-refractivity contribution in [1.29, 1.82) is 0 Å². The van der Waals surface area contributed by atoms with Gasteiger partial charge in [-0.1, -0.05) is 50.2 Å². The van der Waals surface area contributed by atoms with Crippen LogP contribution in [0.3, 0.4) is 0 Å². The van der Waals surface area contributed by atoms with Crippen LogP contribution in [0, 0.1) is 5.92 Å². The van der Waals surface area contributed by atoms with E-state index >= 15 is 0 Å². The second-order valence-corrected chi connectivity index (χ2v) is 10.3. The van der Waals surface area contributed by atoms with E-state index in [1.54, 1.807) is 12.0 Å². The summed E-state index contributed by atoms with van der Waals surface area (Å²) >= 11 is 0. The Bertz CT molecular complexity index is 1330. The molecule has 5 rings (SSSR count). The number of carbonyl (C=O) groups is 3. The maximum absolute atomic E-state index is 13.9. The van der Waals surface area contributed by atoms with Gasteiger partial charge < -0.3 is 25.3 Å². The molecule has 2 aromatic carbocycles. The number of nitrogens with one attached hydrogen (secondary N) is 3. The van der Waals surface area contributed by atoms with Gasteiger partial charge in [-0.2, -0.15) is 0 Å². The van der Waals surface area contributed by atoms with Crippen molar-refractivity contribution >= 4 is 28.6 Å². The lowest BCUT2D eigenvalue weighted by Gasteiger charge is -2.37. The molecule has 0 fully saturated rings. The highest BCUT2D eigenvalue weighted by atomic mass is 16.5. The molecular weight excluding hydrogens is 468 g/mol. The summed E-state index contributed by atoms with van der Waals surface area (Å²) in [6, 6.07) is 13.8. The zero-order valence-corrected chi connectivity index (χ0v) is 21.5. The normalized spacial score (nSPS) is 18.9. The highest BCUT2D eigenvalue weighted by Crippen LogP contribution is 2.46. The minimum Gasteiger partial charge on any atom is -0.385 e. The van der Waals surface area contributed by atoms with Gasteiger partial charge in [0.1, 0.15) is 12.1 Å². The van der Waals surface area contributed by atoms with E-state index < -0.39 is 12.1 Å². The summed E-state index contributed by atoms with van der Waals surface area (Å²) in [6.45, 7) is 5.07. The van der Waals surface area contributed by atoms with Crippen LogP contribution >= 0.6 is 0 Å². The highest BCUT2D eigenvalue weighted by molar-refractivity contribution is 6.04. The third-order valence-corrected chi connectivity index (χ3v) is 7.32. The number of benzene rings is 2. The Morgan fingerprint density at radius 1 is 1.14 bits per heavy atom. The fourth-order valence-corrected chi connectivity index (χ4v) is 5.66. The van der Waals surface area contributed by atoms with Gasteiger partial charge in [-0.3, -0.25) is 14.4 Å². The average Bonchev–Trinajstić information content (AvgIpc) is 3.41. The Morgan fingerprint density at radius 3 is 2.68 bits per heavy atom. The van der Waals surface area contributed by atoms with E-state index in [9.17, 15) is 14.4 Å². The number of aromatic nitrogens is 1. The minimum absolute atomic E-state index is 0.158. The molecular formula is C29H34N4O4. The van der Waals surface area contributed by atoms with Gasteiger partial charge in [0.25, 0.3) is 5.91 Å². The Morgan fingerprint density at radius 2 is 1.89 bits per heavy atom. The smallest absolute Gasteiger partial charge is 0.255 e. The maximum atomic E-state index is 13.9. The van der Waals surface area contributed by atoms with Gasteiger partial charge in [-0.15, -0.1) is 0 Å². The summed E-state index contributed by atoms with van der Waals surface area (Å²) in [5, 5.41) is 6.98. The monoisotopic (exact) mass is 502 g/mol. The molecule has 194 valence electrons. The molecule has 8 nitrogen and oxygen atoms in total. The van der Waals surface area contributed by atoms with Gasteiger partial charge >= 0.3 is 0 Å². The van der Waals surface area contributed by atoms with Crippen LogP contribution in [0.1, 0.15) is 59.9 Å². The first-order chi connectivity index (χ1) is 17.9. The molecule has 0 radical (unpaired) electrons. The lowest BCUT2D eigenvalue weighted by molar-refractivity contribution is -0.132. The quantitative estimate of drug-likeness (QED) is 0.391. The van der Waals surface area contributed by atoms with Crippen LogP contribution in [0.2, 0.25) is 0 Å². The standard InChI is InChI=1S/C29H34N4O4/c1-17(2)15-23(27(34)30-13-8-14-37-3)32-28(35)24-16-21-18-9-6-7-12-22(18)31-25(21)26-19-10-4-5-11-20(19)29(36)33(24)26/h4-7,9-12,17,23-24,26,31H,8,13-16H2,1-3H3,(H,30,34)(H,32,35)/t23-,24-,26-/m0/s1. The first-order valence-electron chi connectivity index (χ1n) is 13.0. The van der Waals surface area contributed by atoms with Gasteiger partial charge in [0.2, 0.25) is 11.8 Å². The number of H-pyrrole nitrogens is 1. The van der Waals surface area contributed by atoms with E-state index in [1.165, 1.54) is 0 Å². The van der Waals surface area contributed by atoms with E-state index in [0.717, 1.165) is 27.7 Å². The van der Waals surface area contributed by atoms with Crippen molar-refractivity contribution in [3.63, 3.8) is 0 Å². The molecule has 3 heterocycles. The minimum atomic E-state index is -0.729. The molecule has 3 amide bonds. The number of carbonyl (C=O) groups excluding carboxylic acids is 3. The van der Waals surface area contributed by atoms with Crippen LogP contribution < -0.4 is 10.6 Å². The summed E-state index contributed by atoms with van der Waals surface area (Å²) in [5.41, 5.74) is 4.50. The van der Waals surface area contributed by atoms with Crippen molar-refractivity contribution < 1.29 is 19.1 Å². The molecule has 0 aliphatic carbocycles. The van der Waals surface area contributed by atoms with Crippen molar-refractivity contribution in [1.82, 2.24) is 20.5 Å². The van der Waals surface area contributed by atoms with Crippen molar-refractivity contribution in [2.75, 3.05) is 20.3 Å². The molecule has 3 N–H and O–H groups in total. The summed E-state index contributed by atoms with van der Waals surface area (Å²) in [5.74, 6) is -0.476. The molecule has 1 aromatic heterocycles. The number of rotatable bonds is 9. The van der Waals surface area contributed by atoms with Crippen LogP contribution in [0.5, 0.6) is 0 Å². The van der Waals surface area contributed by atoms with Gasteiger partial charge in [0.15, 0.2) is 0 Å². The predicted molar refractivity (Wildman–Crippen MR) is 141 cm³/mol. The van der Waals surface area contributed by atoms with Crippen molar-refractivity contribution in [3.05, 3.63) is 70.9 Å². The molecule has 3 aromatic rings. The molecule has 3 atom stereocenters. The zero-order chi connectivity index (χ0) is 26.1. The zero-order valence-electron chi connectivity index (χ0n) is 21.5. The second-order valence-electron chi connectivity index (χ2n) is 10.3. The van der Waals surface area contributed by atoms with Gasteiger partial charge in [0.05, 0.1) is 6.04 Å². The summed E-state index contributed by atoms with van der Waals surface area (Å²) in [7, 11) is 1.62. The number of hydrogen-bond acceptors (Lipinski definition) is 4. The third kappa shape index (κ3) is 4.62. The molecule has 0 saturated carbocycles. The number of amides is 3. The molecule has 8 heteroatoms. The maximum Gasteiger partial charge on any atom is 0.255 e. The second kappa shape index (κ2) is 10.4. The number of nitrogens with zero attached hydrogens (tertiary/aromatic N) is 1. The number of aromatic amines is 1. The first kappa shape index (κ1) is 25.0. The largest absolute Gasteiger partial charge is 0.385 e. The molecule has 0 bridgehead atoms. The average molecular weight is 503 g/mol. The van der Waals surface area contributed by atoms with Crippen LogP contribution in [0.15, 0.2) is 48.5 Å². The van der Waals surface area contributed by atoms with Crippen molar-refractivity contribution in [2.24, 2.45) is 5.92 Å². The van der Waals surface area contributed by atoms with Crippen LogP contribution in [0.25, 0.3) is 10.9 Å². The number of para-hydroxylation sites is 1. The Labute approximate surface area is 216 Å². The van der Waals surface area contributed by atoms with Gasteiger partial charge in [0, 0.05) is 48.8 Å². The SMILES string of the molecule is COCCCNC(=O)[C@H](CC(C)C)NC(=O)[C@@H]1Cc2c([nH]c3ccccc23)[C@@H]2c3ccccc3C(=O)N21. The van der Waals surface area contributed by atoms with E-state index in [2.05, 4.69) is 15.6 Å². The molecule has 37 heavy (non-hydrogen) atoms. The Kier molecular flexibility index (Phi) is 7.02. The molecule has 2 aliphatic heterocycles. The van der Waals surface area contributed by atoms with Crippen molar-refractivity contribution in [3.8, 4) is 0 Å². The fourth-order valence-electron chi connectivity index (χ4n) is 5.66. The molecule has 0 spiro atoms. The van der Waals surface area contributed by atoms with Crippen LogP contribution in [-0.4, -0.2) is 60.0 Å². The number of hydrogen-bond donors (Lipinski definition) is 3. The lowest BCUT2D eigenvalue weighted by atomic mass is 9.89. The van der Waals surface area contributed by atoms with Gasteiger partial charge in [-0.05, 0) is 42.0 Å². The topological polar surface area (TPSA) is 104 Å². The van der Waals surface area contributed by atoms with Crippen LogP contribution in [-0.2, 0) is 20.7 Å². The fraction of sp³-hybridized carbons (Fsp3) is 0.414. The lowest BCUT2D eigenvalue weighted by Crippen LogP contribution is -2.56. The molecule has 0 saturated heterocycles. The summed E-state index contributed by atoms with van der Waals surface area (Å²) < 4.78 is 5.06. The van der Waals surface area contributed by atoms with Gasteiger partial charge in [-0.25, -0.2) is 0 Å². The van der Waals surface area contributed by atoms with E-state index in [0.29, 0.717) is 38.0 Å². The van der Waals surface area contributed by atoms with E-state index in [-0.39, 0.29) is 29.7 Å². The number of methoxy groups -OCH3 is 1. The van der Waals surface area contributed by atoms with E-state index in [1.807, 2.05) is 62.4 Å². The summed E-state index contributed by atoms with van der Waals surface area (Å²) in [6.07, 6.45) is 1.58. The number of fused-ring (bicyclic) bond motifs is 7. The number of ether oxygens (including phenoxy) is 1. The van der Waals surface area contributed by atoms with Crippen molar-refractivity contribution in [2.45, 2.75) is 51.2 Å². The molecule has 2 aliphatic rings. The Balaban J connectivity index is 1.47. The predicted octanol–water partition coefficient (Wildman–Crippen LogP) is 3.32. The third-order valence-electron chi connectivity index (χ3n) is 7.32. The summed E-state index contributed by atoms with van der Waals surface area (Å²) in [4.78, 5) is 45.7. The first-order valence-corrected chi connectivity index (χ1v) is 13.0. The highest BCUT2D eigenvalue weighted by Gasteiger charge is 2.49. The molecule has 0 unspecified atom stereocenters.